The molecule has 0 aromatic heterocycles. The van der Waals surface area contributed by atoms with E-state index in [1.54, 1.807) is 43.3 Å². The molecule has 4 nitrogen and oxygen atoms in total. The first-order valence-corrected chi connectivity index (χ1v) is 8.07. The van der Waals surface area contributed by atoms with Crippen molar-refractivity contribution in [2.45, 2.75) is 17.9 Å². The SMILES string of the molecule is C[C@H](NS(=O)(=O)c1ccccc1C#N)c1ccccc1Cl. The highest BCUT2D eigenvalue weighted by atomic mass is 35.5. The number of nitriles is 1. The van der Waals surface area contributed by atoms with Crippen molar-refractivity contribution in [2.75, 3.05) is 0 Å². The Morgan fingerprint density at radius 3 is 2.43 bits per heavy atom. The molecule has 0 bridgehead atoms. The van der Waals surface area contributed by atoms with Gasteiger partial charge < -0.3 is 0 Å². The van der Waals surface area contributed by atoms with E-state index in [1.807, 2.05) is 6.07 Å². The maximum absolute atomic E-state index is 12.4. The Morgan fingerprint density at radius 1 is 1.14 bits per heavy atom. The topological polar surface area (TPSA) is 70.0 Å². The van der Waals surface area contributed by atoms with Gasteiger partial charge in [-0.15, -0.1) is 0 Å². The van der Waals surface area contributed by atoms with Crippen LogP contribution in [-0.2, 0) is 10.0 Å². The lowest BCUT2D eigenvalue weighted by molar-refractivity contribution is 0.566. The summed E-state index contributed by atoms with van der Waals surface area (Å²) in [7, 11) is -3.80. The fourth-order valence-electron chi connectivity index (χ4n) is 1.98. The summed E-state index contributed by atoms with van der Waals surface area (Å²) in [5, 5.41) is 9.50. The van der Waals surface area contributed by atoms with Crippen LogP contribution in [-0.4, -0.2) is 8.42 Å². The average Bonchev–Trinajstić information content (AvgIpc) is 2.47. The zero-order valence-electron chi connectivity index (χ0n) is 11.2. The van der Waals surface area contributed by atoms with E-state index >= 15 is 0 Å². The summed E-state index contributed by atoms with van der Waals surface area (Å²) in [6.07, 6.45) is 0. The van der Waals surface area contributed by atoms with Crippen LogP contribution >= 0.6 is 11.6 Å². The van der Waals surface area contributed by atoms with Crippen molar-refractivity contribution in [3.63, 3.8) is 0 Å². The van der Waals surface area contributed by atoms with Crippen LogP contribution in [0.2, 0.25) is 5.02 Å². The molecule has 2 aromatic carbocycles. The monoisotopic (exact) mass is 320 g/mol. The molecular weight excluding hydrogens is 308 g/mol. The number of sulfonamides is 1. The highest BCUT2D eigenvalue weighted by molar-refractivity contribution is 7.89. The molecule has 0 unspecified atom stereocenters. The number of hydrogen-bond acceptors (Lipinski definition) is 3. The fourth-order valence-corrected chi connectivity index (χ4v) is 3.66. The van der Waals surface area contributed by atoms with Gasteiger partial charge in [-0.3, -0.25) is 0 Å². The van der Waals surface area contributed by atoms with E-state index in [0.29, 0.717) is 10.6 Å². The number of hydrogen-bond donors (Lipinski definition) is 1. The van der Waals surface area contributed by atoms with Gasteiger partial charge >= 0.3 is 0 Å². The molecule has 21 heavy (non-hydrogen) atoms. The Morgan fingerprint density at radius 2 is 1.76 bits per heavy atom. The first-order valence-electron chi connectivity index (χ1n) is 6.21. The van der Waals surface area contributed by atoms with Crippen LogP contribution in [0.4, 0.5) is 0 Å². The molecule has 0 saturated carbocycles. The highest BCUT2D eigenvalue weighted by Crippen LogP contribution is 2.24. The molecule has 0 aliphatic rings. The Labute approximate surface area is 129 Å². The summed E-state index contributed by atoms with van der Waals surface area (Å²) in [6, 6.07) is 14.5. The first kappa shape index (κ1) is 15.5. The molecule has 108 valence electrons. The number of rotatable bonds is 4. The molecule has 0 fully saturated rings. The molecule has 0 radical (unpaired) electrons. The lowest BCUT2D eigenvalue weighted by Crippen LogP contribution is -2.27. The fraction of sp³-hybridized carbons (Fsp3) is 0.133. The molecule has 0 heterocycles. The summed E-state index contributed by atoms with van der Waals surface area (Å²) in [5.74, 6) is 0. The normalized spacial score (nSPS) is 12.6. The van der Waals surface area contributed by atoms with Crippen molar-refractivity contribution in [2.24, 2.45) is 0 Å². The number of benzene rings is 2. The van der Waals surface area contributed by atoms with Gasteiger partial charge in [-0.25, -0.2) is 13.1 Å². The van der Waals surface area contributed by atoms with Gasteiger partial charge in [0.05, 0.1) is 10.5 Å². The average molecular weight is 321 g/mol. The third kappa shape index (κ3) is 3.42. The molecule has 0 aliphatic carbocycles. The lowest BCUT2D eigenvalue weighted by Gasteiger charge is -2.16. The number of nitrogens with zero attached hydrogens (tertiary/aromatic N) is 1. The van der Waals surface area contributed by atoms with Crippen LogP contribution < -0.4 is 4.72 Å². The van der Waals surface area contributed by atoms with Crippen LogP contribution in [0.25, 0.3) is 0 Å². The third-order valence-electron chi connectivity index (χ3n) is 3.00. The van der Waals surface area contributed by atoms with E-state index in [-0.39, 0.29) is 10.5 Å². The zero-order valence-corrected chi connectivity index (χ0v) is 12.8. The van der Waals surface area contributed by atoms with Crippen LogP contribution in [0, 0.1) is 11.3 Å². The maximum atomic E-state index is 12.4. The predicted octanol–water partition coefficient (Wildman–Crippen LogP) is 3.25. The minimum Gasteiger partial charge on any atom is -0.207 e. The molecule has 6 heteroatoms. The van der Waals surface area contributed by atoms with Crippen molar-refractivity contribution < 1.29 is 8.42 Å². The van der Waals surface area contributed by atoms with E-state index in [0.717, 1.165) is 0 Å². The van der Waals surface area contributed by atoms with Crippen LogP contribution in [0.5, 0.6) is 0 Å². The zero-order chi connectivity index (χ0) is 15.5. The Hall–Kier alpha value is -1.87. The van der Waals surface area contributed by atoms with Crippen molar-refractivity contribution >= 4 is 21.6 Å². The first-order chi connectivity index (χ1) is 9.95. The van der Waals surface area contributed by atoms with Crippen molar-refractivity contribution in [1.29, 1.82) is 5.26 Å². The van der Waals surface area contributed by atoms with Crippen molar-refractivity contribution in [3.05, 3.63) is 64.7 Å². The van der Waals surface area contributed by atoms with Gasteiger partial charge in [-0.2, -0.15) is 5.26 Å². The van der Waals surface area contributed by atoms with Crippen molar-refractivity contribution in [1.82, 2.24) is 4.72 Å². The number of halogens is 1. The molecule has 0 saturated heterocycles. The Kier molecular flexibility index (Phi) is 4.63. The molecule has 2 aromatic rings. The van der Waals surface area contributed by atoms with Gasteiger partial charge in [0.25, 0.3) is 0 Å². The van der Waals surface area contributed by atoms with E-state index in [4.69, 9.17) is 16.9 Å². The van der Waals surface area contributed by atoms with Gasteiger partial charge in [0.15, 0.2) is 0 Å². The minimum atomic E-state index is -3.80. The maximum Gasteiger partial charge on any atom is 0.242 e. The summed E-state index contributed by atoms with van der Waals surface area (Å²) in [5.41, 5.74) is 0.786. The van der Waals surface area contributed by atoms with Gasteiger partial charge in [-0.05, 0) is 30.7 Å². The largest absolute Gasteiger partial charge is 0.242 e. The lowest BCUT2D eigenvalue weighted by atomic mass is 10.1. The molecule has 1 atom stereocenters. The quantitative estimate of drug-likeness (QED) is 0.940. The van der Waals surface area contributed by atoms with E-state index in [2.05, 4.69) is 4.72 Å². The molecule has 1 N–H and O–H groups in total. The molecular formula is C15H13ClN2O2S. The van der Waals surface area contributed by atoms with Crippen LogP contribution in [0.15, 0.2) is 53.4 Å². The smallest absolute Gasteiger partial charge is 0.207 e. The van der Waals surface area contributed by atoms with Gasteiger partial charge in [-0.1, -0.05) is 41.9 Å². The van der Waals surface area contributed by atoms with E-state index in [1.165, 1.54) is 12.1 Å². The second-order valence-corrected chi connectivity index (χ2v) is 6.56. The number of nitrogens with one attached hydrogen (secondary N) is 1. The van der Waals surface area contributed by atoms with E-state index in [9.17, 15) is 8.42 Å². The Bertz CT molecular complexity index is 797. The van der Waals surface area contributed by atoms with Crippen molar-refractivity contribution in [3.8, 4) is 6.07 Å². The minimum absolute atomic E-state index is 0.0357. The predicted molar refractivity (Wildman–Crippen MR) is 81.3 cm³/mol. The van der Waals surface area contributed by atoms with Gasteiger partial charge in [0, 0.05) is 11.1 Å². The second kappa shape index (κ2) is 6.27. The molecule has 0 aliphatic heterocycles. The summed E-state index contributed by atoms with van der Waals surface area (Å²) >= 11 is 6.07. The Balaban J connectivity index is 2.34. The highest BCUT2D eigenvalue weighted by Gasteiger charge is 2.22. The van der Waals surface area contributed by atoms with E-state index < -0.39 is 16.1 Å². The van der Waals surface area contributed by atoms with Crippen LogP contribution in [0.3, 0.4) is 0 Å². The summed E-state index contributed by atoms with van der Waals surface area (Å²) < 4.78 is 27.3. The van der Waals surface area contributed by atoms with Gasteiger partial charge in [0.1, 0.15) is 6.07 Å². The molecule has 0 spiro atoms. The van der Waals surface area contributed by atoms with Gasteiger partial charge in [0.2, 0.25) is 10.0 Å². The summed E-state index contributed by atoms with van der Waals surface area (Å²) in [6.45, 7) is 1.70. The third-order valence-corrected chi connectivity index (χ3v) is 4.94. The second-order valence-electron chi connectivity index (χ2n) is 4.47. The standard InChI is InChI=1S/C15H13ClN2O2S/c1-11(13-7-3-4-8-14(13)16)18-21(19,20)15-9-5-2-6-12(15)10-17/h2-9,11,18H,1H3/t11-/m0/s1. The molecule has 0 amide bonds. The summed E-state index contributed by atoms with van der Waals surface area (Å²) in [4.78, 5) is -0.0357. The molecule has 2 rings (SSSR count). The van der Waals surface area contributed by atoms with Crippen LogP contribution in [0.1, 0.15) is 24.1 Å².